The molecule has 0 aromatic carbocycles. The van der Waals surface area contributed by atoms with E-state index in [-0.39, 0.29) is 5.57 Å². The molecule has 0 bridgehead atoms. The molecule has 0 fully saturated rings. The van der Waals surface area contributed by atoms with Crippen molar-refractivity contribution in [3.8, 4) is 0 Å². The second-order valence-electron chi connectivity index (χ2n) is 3.22. The molecule has 78 valence electrons. The van der Waals surface area contributed by atoms with Crippen LogP contribution >= 0.6 is 0 Å². The molecular weight excluding hydrogens is 190 g/mol. The van der Waals surface area contributed by atoms with E-state index in [1.54, 1.807) is 13.1 Å². The van der Waals surface area contributed by atoms with Crippen molar-refractivity contribution in [2.24, 2.45) is 0 Å². The fraction of sp³-hybridized carbons (Fsp3) is 0.167. The van der Waals surface area contributed by atoms with Gasteiger partial charge in [-0.2, -0.15) is 0 Å². The largest absolute Gasteiger partial charge is 0.478 e. The van der Waals surface area contributed by atoms with Crippen LogP contribution in [0.4, 0.5) is 0 Å². The number of hydrogen-bond donors (Lipinski definition) is 1. The summed E-state index contributed by atoms with van der Waals surface area (Å²) < 4.78 is 0. The van der Waals surface area contributed by atoms with Gasteiger partial charge in [0, 0.05) is 17.3 Å². The molecule has 0 saturated carbocycles. The molecule has 1 N–H and O–H groups in total. The van der Waals surface area contributed by atoms with Crippen LogP contribution in [-0.2, 0) is 4.79 Å². The fourth-order valence-corrected chi connectivity index (χ4v) is 1.31. The van der Waals surface area contributed by atoms with E-state index >= 15 is 0 Å². The van der Waals surface area contributed by atoms with Crippen LogP contribution in [0.3, 0.4) is 0 Å². The monoisotopic (exact) mass is 203 g/mol. The molecule has 0 amide bonds. The van der Waals surface area contributed by atoms with Crippen LogP contribution in [0.25, 0.3) is 5.57 Å². The first-order chi connectivity index (χ1) is 7.07. The number of aromatic nitrogens is 1. The second-order valence-corrected chi connectivity index (χ2v) is 3.22. The van der Waals surface area contributed by atoms with Crippen molar-refractivity contribution in [1.29, 1.82) is 0 Å². The first-order valence-corrected chi connectivity index (χ1v) is 4.56. The zero-order valence-corrected chi connectivity index (χ0v) is 8.82. The zero-order chi connectivity index (χ0) is 11.4. The van der Waals surface area contributed by atoms with Gasteiger partial charge in [-0.15, -0.1) is 0 Å². The predicted molar refractivity (Wildman–Crippen MR) is 59.4 cm³/mol. The van der Waals surface area contributed by atoms with Crippen LogP contribution in [0.15, 0.2) is 36.6 Å². The molecule has 1 aromatic heterocycles. The SMILES string of the molecule is C=C/C(=C(\C)C(=O)O)c1ncccc1C. The van der Waals surface area contributed by atoms with Gasteiger partial charge in [0.1, 0.15) is 0 Å². The highest BCUT2D eigenvalue weighted by Crippen LogP contribution is 2.20. The lowest BCUT2D eigenvalue weighted by atomic mass is 10.0. The lowest BCUT2D eigenvalue weighted by Gasteiger charge is -2.07. The predicted octanol–water partition coefficient (Wildman–Crippen LogP) is 2.43. The molecule has 1 aromatic rings. The number of carboxylic acids is 1. The maximum atomic E-state index is 10.9. The summed E-state index contributed by atoms with van der Waals surface area (Å²) in [6.07, 6.45) is 3.17. The van der Waals surface area contributed by atoms with Gasteiger partial charge in [0.05, 0.1) is 5.69 Å². The van der Waals surface area contributed by atoms with E-state index in [2.05, 4.69) is 11.6 Å². The molecule has 0 aliphatic heterocycles. The first-order valence-electron chi connectivity index (χ1n) is 4.56. The van der Waals surface area contributed by atoms with Crippen molar-refractivity contribution in [1.82, 2.24) is 4.98 Å². The summed E-state index contributed by atoms with van der Waals surface area (Å²) in [5, 5.41) is 8.90. The van der Waals surface area contributed by atoms with E-state index in [0.29, 0.717) is 11.3 Å². The maximum absolute atomic E-state index is 10.9. The molecule has 0 unspecified atom stereocenters. The summed E-state index contributed by atoms with van der Waals surface area (Å²) in [5.41, 5.74) is 2.44. The standard InChI is InChI=1S/C12H13NO2/c1-4-10(9(3)12(14)15)11-8(2)6-5-7-13-11/h4-7H,1H2,2-3H3,(H,14,15)/b10-9-. The van der Waals surface area contributed by atoms with Crippen molar-refractivity contribution in [2.45, 2.75) is 13.8 Å². The number of carbonyl (C=O) groups is 1. The van der Waals surface area contributed by atoms with E-state index in [0.717, 1.165) is 5.56 Å². The Morgan fingerprint density at radius 3 is 2.73 bits per heavy atom. The molecular formula is C12H13NO2. The van der Waals surface area contributed by atoms with Crippen LogP contribution in [-0.4, -0.2) is 16.1 Å². The van der Waals surface area contributed by atoms with Gasteiger partial charge < -0.3 is 5.11 Å². The molecule has 0 radical (unpaired) electrons. The second kappa shape index (κ2) is 4.55. The van der Waals surface area contributed by atoms with E-state index in [9.17, 15) is 4.79 Å². The number of rotatable bonds is 3. The normalized spacial score (nSPS) is 11.9. The molecule has 3 nitrogen and oxygen atoms in total. The third kappa shape index (κ3) is 2.31. The van der Waals surface area contributed by atoms with E-state index in [4.69, 9.17) is 5.11 Å². The Hall–Kier alpha value is -1.90. The zero-order valence-electron chi connectivity index (χ0n) is 8.82. The number of aliphatic carboxylic acids is 1. The third-order valence-corrected chi connectivity index (χ3v) is 2.19. The Bertz CT molecular complexity index is 433. The summed E-state index contributed by atoms with van der Waals surface area (Å²) in [4.78, 5) is 15.0. The average molecular weight is 203 g/mol. The number of carboxylic acid groups (broad SMARTS) is 1. The Morgan fingerprint density at radius 1 is 1.60 bits per heavy atom. The van der Waals surface area contributed by atoms with Crippen molar-refractivity contribution in [2.75, 3.05) is 0 Å². The number of aryl methyl sites for hydroxylation is 1. The summed E-state index contributed by atoms with van der Waals surface area (Å²) in [7, 11) is 0. The quantitative estimate of drug-likeness (QED) is 0.606. The lowest BCUT2D eigenvalue weighted by Crippen LogP contribution is -2.02. The molecule has 0 spiro atoms. The third-order valence-electron chi connectivity index (χ3n) is 2.19. The van der Waals surface area contributed by atoms with Gasteiger partial charge in [0.25, 0.3) is 0 Å². The molecule has 15 heavy (non-hydrogen) atoms. The van der Waals surface area contributed by atoms with Gasteiger partial charge in [-0.3, -0.25) is 4.98 Å². The Labute approximate surface area is 88.8 Å². The summed E-state index contributed by atoms with van der Waals surface area (Å²) in [5.74, 6) is -0.949. The molecule has 1 heterocycles. The Morgan fingerprint density at radius 2 is 2.27 bits per heavy atom. The molecule has 0 aliphatic carbocycles. The van der Waals surface area contributed by atoms with Crippen LogP contribution in [0.1, 0.15) is 18.2 Å². The highest BCUT2D eigenvalue weighted by Gasteiger charge is 2.11. The van der Waals surface area contributed by atoms with E-state index < -0.39 is 5.97 Å². The summed E-state index contributed by atoms with van der Waals surface area (Å²) in [6.45, 7) is 7.06. The van der Waals surface area contributed by atoms with Crippen LogP contribution in [0, 0.1) is 6.92 Å². The van der Waals surface area contributed by atoms with Gasteiger partial charge >= 0.3 is 5.97 Å². The van der Waals surface area contributed by atoms with Gasteiger partial charge in [-0.1, -0.05) is 18.7 Å². The van der Waals surface area contributed by atoms with Gasteiger partial charge in [-0.05, 0) is 25.5 Å². The van der Waals surface area contributed by atoms with Crippen molar-refractivity contribution in [3.05, 3.63) is 47.8 Å². The minimum absolute atomic E-state index is 0.256. The lowest BCUT2D eigenvalue weighted by molar-refractivity contribution is -0.132. The van der Waals surface area contributed by atoms with Crippen molar-refractivity contribution >= 4 is 11.5 Å². The van der Waals surface area contributed by atoms with E-state index in [1.165, 1.54) is 6.08 Å². The molecule has 0 aliphatic rings. The first kappa shape index (κ1) is 11.2. The number of allylic oxidation sites excluding steroid dienone is 2. The average Bonchev–Trinajstić information content (AvgIpc) is 2.21. The molecule has 1 rings (SSSR count). The van der Waals surface area contributed by atoms with Gasteiger partial charge in [-0.25, -0.2) is 4.79 Å². The number of pyridine rings is 1. The Kier molecular flexibility index (Phi) is 3.39. The minimum Gasteiger partial charge on any atom is -0.478 e. The topological polar surface area (TPSA) is 50.2 Å². The highest BCUT2D eigenvalue weighted by atomic mass is 16.4. The fourth-order valence-electron chi connectivity index (χ4n) is 1.31. The highest BCUT2D eigenvalue weighted by molar-refractivity contribution is 5.98. The van der Waals surface area contributed by atoms with E-state index in [1.807, 2.05) is 19.1 Å². The van der Waals surface area contributed by atoms with Crippen LogP contribution in [0.2, 0.25) is 0 Å². The van der Waals surface area contributed by atoms with Crippen molar-refractivity contribution in [3.63, 3.8) is 0 Å². The maximum Gasteiger partial charge on any atom is 0.331 e. The number of nitrogens with zero attached hydrogens (tertiary/aromatic N) is 1. The summed E-state index contributed by atoms with van der Waals surface area (Å²) >= 11 is 0. The molecule has 0 saturated heterocycles. The number of hydrogen-bond acceptors (Lipinski definition) is 2. The Balaban J connectivity index is 3.38. The van der Waals surface area contributed by atoms with Crippen LogP contribution < -0.4 is 0 Å². The van der Waals surface area contributed by atoms with Crippen LogP contribution in [0.5, 0.6) is 0 Å². The minimum atomic E-state index is -0.949. The molecule has 3 heteroatoms. The molecule has 0 atom stereocenters. The van der Waals surface area contributed by atoms with Gasteiger partial charge in [0.15, 0.2) is 0 Å². The van der Waals surface area contributed by atoms with Crippen molar-refractivity contribution < 1.29 is 9.90 Å². The smallest absolute Gasteiger partial charge is 0.331 e. The summed E-state index contributed by atoms with van der Waals surface area (Å²) in [6, 6.07) is 3.70. The van der Waals surface area contributed by atoms with Gasteiger partial charge in [0.2, 0.25) is 0 Å².